The number of ether oxygens (including phenoxy) is 1. The summed E-state index contributed by atoms with van der Waals surface area (Å²) in [4.78, 5) is 28.7. The number of hydrogen-bond acceptors (Lipinski definition) is 5. The van der Waals surface area contributed by atoms with Gasteiger partial charge in [-0.1, -0.05) is 63.2 Å². The average Bonchev–Trinajstić information content (AvgIpc) is 2.98. The molecule has 0 aliphatic rings. The number of carbonyl (C=O) groups excluding carboxylic acids is 2. The number of nitrogens with zero attached hydrogens (tertiary/aromatic N) is 2. The Morgan fingerprint density at radius 3 is 2.15 bits per heavy atom. The second-order valence-electron chi connectivity index (χ2n) is 10.4. The van der Waals surface area contributed by atoms with Gasteiger partial charge in [0, 0.05) is 12.6 Å². The molecule has 2 atom stereocenters. The number of methoxy groups -OCH3 is 1. The number of sulfonamides is 1. The lowest BCUT2D eigenvalue weighted by Crippen LogP contribution is -2.52. The summed E-state index contributed by atoms with van der Waals surface area (Å²) < 4.78 is 34.3. The maximum Gasteiger partial charge on any atom is 0.264 e. The molecule has 1 N–H and O–H groups in total. The van der Waals surface area contributed by atoms with Gasteiger partial charge >= 0.3 is 0 Å². The van der Waals surface area contributed by atoms with Gasteiger partial charge in [-0.15, -0.1) is 0 Å². The van der Waals surface area contributed by atoms with Crippen LogP contribution in [0.2, 0.25) is 0 Å². The molecule has 0 saturated carbocycles. The van der Waals surface area contributed by atoms with Crippen molar-refractivity contribution in [1.29, 1.82) is 0 Å². The van der Waals surface area contributed by atoms with E-state index in [9.17, 15) is 18.0 Å². The van der Waals surface area contributed by atoms with Gasteiger partial charge in [0.15, 0.2) is 0 Å². The third-order valence-corrected chi connectivity index (χ3v) is 8.90. The highest BCUT2D eigenvalue weighted by molar-refractivity contribution is 7.92. The molecule has 0 aromatic heterocycles. The average molecular weight is 580 g/mol. The first-order valence-electron chi connectivity index (χ1n) is 13.9. The van der Waals surface area contributed by atoms with Crippen LogP contribution < -0.4 is 14.4 Å². The Morgan fingerprint density at radius 2 is 1.56 bits per heavy atom. The molecular formula is C32H41N3O5S. The van der Waals surface area contributed by atoms with Gasteiger partial charge in [-0.3, -0.25) is 13.9 Å². The van der Waals surface area contributed by atoms with E-state index < -0.39 is 28.5 Å². The number of nitrogens with one attached hydrogen (secondary N) is 1. The van der Waals surface area contributed by atoms with Crippen molar-refractivity contribution in [3.8, 4) is 5.75 Å². The first kappa shape index (κ1) is 31.7. The molecule has 3 rings (SSSR count). The van der Waals surface area contributed by atoms with Gasteiger partial charge in [-0.2, -0.15) is 0 Å². The summed E-state index contributed by atoms with van der Waals surface area (Å²) in [5.41, 5.74) is 2.16. The van der Waals surface area contributed by atoms with Crippen LogP contribution in [0.1, 0.15) is 58.1 Å². The predicted octanol–water partition coefficient (Wildman–Crippen LogP) is 5.35. The van der Waals surface area contributed by atoms with Crippen molar-refractivity contribution in [1.82, 2.24) is 10.2 Å². The molecule has 8 nitrogen and oxygen atoms in total. The Balaban J connectivity index is 2.03. The SMILES string of the molecule is CCC(C)NC(=O)C(C)N(Cc1cccc(OC)c1)C(=O)CN(c1ccc(C(C)C)cc1)S(=O)(=O)c1ccccc1. The third kappa shape index (κ3) is 8.10. The first-order chi connectivity index (χ1) is 19.5. The van der Waals surface area contributed by atoms with E-state index >= 15 is 0 Å². The fourth-order valence-corrected chi connectivity index (χ4v) is 5.72. The van der Waals surface area contributed by atoms with Crippen LogP contribution >= 0.6 is 0 Å². The van der Waals surface area contributed by atoms with E-state index in [-0.39, 0.29) is 29.3 Å². The number of anilines is 1. The molecule has 9 heteroatoms. The van der Waals surface area contributed by atoms with Crippen LogP contribution in [-0.4, -0.2) is 50.9 Å². The molecule has 3 aromatic carbocycles. The Kier molecular flexibility index (Phi) is 10.9. The number of hydrogen-bond donors (Lipinski definition) is 1. The zero-order valence-corrected chi connectivity index (χ0v) is 25.5. The molecule has 3 aromatic rings. The van der Waals surface area contributed by atoms with Crippen molar-refractivity contribution >= 4 is 27.5 Å². The minimum absolute atomic E-state index is 0.0719. The minimum Gasteiger partial charge on any atom is -0.497 e. The van der Waals surface area contributed by atoms with E-state index in [0.29, 0.717) is 11.4 Å². The van der Waals surface area contributed by atoms with Gasteiger partial charge in [0.2, 0.25) is 11.8 Å². The standard InChI is InChI=1S/C32H41N3O5S/c1-7-24(4)33-32(37)25(5)34(21-26-12-11-13-29(20-26)40-6)31(36)22-35(28-18-16-27(17-19-28)23(2)3)41(38,39)30-14-9-8-10-15-30/h8-20,23-25H,7,21-22H2,1-6H3,(H,33,37). The van der Waals surface area contributed by atoms with E-state index in [0.717, 1.165) is 21.9 Å². The van der Waals surface area contributed by atoms with Crippen LogP contribution in [0, 0.1) is 0 Å². The first-order valence-corrected chi connectivity index (χ1v) is 15.3. The smallest absolute Gasteiger partial charge is 0.264 e. The van der Waals surface area contributed by atoms with Gasteiger partial charge in [0.1, 0.15) is 18.3 Å². The van der Waals surface area contributed by atoms with E-state index in [4.69, 9.17) is 4.74 Å². The summed E-state index contributed by atoms with van der Waals surface area (Å²) in [6.07, 6.45) is 0.734. The third-order valence-electron chi connectivity index (χ3n) is 7.11. The zero-order chi connectivity index (χ0) is 30.2. The summed E-state index contributed by atoms with van der Waals surface area (Å²) in [6.45, 7) is 9.24. The normalized spacial score (nSPS) is 12.9. The lowest BCUT2D eigenvalue weighted by molar-refractivity contribution is -0.139. The molecule has 0 bridgehead atoms. The highest BCUT2D eigenvalue weighted by Crippen LogP contribution is 2.27. The summed E-state index contributed by atoms with van der Waals surface area (Å²) in [5, 5.41) is 2.94. The Hall–Kier alpha value is -3.85. The second kappa shape index (κ2) is 14.2. The predicted molar refractivity (Wildman–Crippen MR) is 162 cm³/mol. The molecule has 0 aliphatic carbocycles. The maximum atomic E-state index is 14.0. The van der Waals surface area contributed by atoms with E-state index in [1.165, 1.54) is 17.0 Å². The zero-order valence-electron chi connectivity index (χ0n) is 24.7. The number of benzene rings is 3. The molecule has 0 spiro atoms. The lowest BCUT2D eigenvalue weighted by Gasteiger charge is -2.32. The van der Waals surface area contributed by atoms with Crippen LogP contribution in [0.25, 0.3) is 0 Å². The Morgan fingerprint density at radius 1 is 0.902 bits per heavy atom. The van der Waals surface area contributed by atoms with Crippen LogP contribution in [-0.2, 0) is 26.2 Å². The van der Waals surface area contributed by atoms with Crippen molar-refractivity contribution in [2.75, 3.05) is 18.0 Å². The molecular weight excluding hydrogens is 538 g/mol. The van der Waals surface area contributed by atoms with Crippen molar-refractivity contribution < 1.29 is 22.7 Å². The van der Waals surface area contributed by atoms with Crippen molar-refractivity contribution in [3.63, 3.8) is 0 Å². The molecule has 2 amide bonds. The topological polar surface area (TPSA) is 96.0 Å². The van der Waals surface area contributed by atoms with Crippen LogP contribution in [0.4, 0.5) is 5.69 Å². The summed E-state index contributed by atoms with van der Waals surface area (Å²) in [5.74, 6) is 0.0552. The maximum absolute atomic E-state index is 14.0. The van der Waals surface area contributed by atoms with Crippen molar-refractivity contribution in [3.05, 3.63) is 90.0 Å². The molecule has 0 heterocycles. The highest BCUT2D eigenvalue weighted by Gasteiger charge is 2.32. The molecule has 41 heavy (non-hydrogen) atoms. The summed E-state index contributed by atoms with van der Waals surface area (Å²) >= 11 is 0. The van der Waals surface area contributed by atoms with Gasteiger partial charge in [-0.25, -0.2) is 8.42 Å². The van der Waals surface area contributed by atoms with Crippen LogP contribution in [0.5, 0.6) is 5.75 Å². The molecule has 0 radical (unpaired) electrons. The van der Waals surface area contributed by atoms with Crippen LogP contribution in [0.3, 0.4) is 0 Å². The van der Waals surface area contributed by atoms with Gasteiger partial charge in [-0.05, 0) is 73.7 Å². The minimum atomic E-state index is -4.10. The molecule has 0 saturated heterocycles. The largest absolute Gasteiger partial charge is 0.497 e. The van der Waals surface area contributed by atoms with Crippen molar-refractivity contribution in [2.45, 2.75) is 70.5 Å². The monoisotopic (exact) mass is 579 g/mol. The number of carbonyl (C=O) groups is 2. The molecule has 2 unspecified atom stereocenters. The van der Waals surface area contributed by atoms with Crippen molar-refractivity contribution in [2.24, 2.45) is 0 Å². The second-order valence-corrected chi connectivity index (χ2v) is 12.3. The number of amides is 2. The van der Waals surface area contributed by atoms with E-state index in [2.05, 4.69) is 19.2 Å². The summed E-state index contributed by atoms with van der Waals surface area (Å²) in [6, 6.07) is 21.5. The highest BCUT2D eigenvalue weighted by atomic mass is 32.2. The molecule has 0 aliphatic heterocycles. The Bertz CT molecular complexity index is 1410. The molecule has 0 fully saturated rings. The fourth-order valence-electron chi connectivity index (χ4n) is 4.29. The van der Waals surface area contributed by atoms with E-state index in [1.54, 1.807) is 56.5 Å². The summed E-state index contributed by atoms with van der Waals surface area (Å²) in [7, 11) is -2.55. The number of rotatable bonds is 13. The Labute approximate surface area is 244 Å². The lowest BCUT2D eigenvalue weighted by atomic mass is 10.0. The van der Waals surface area contributed by atoms with Gasteiger partial charge < -0.3 is 15.0 Å². The quantitative estimate of drug-likeness (QED) is 0.295. The fraction of sp³-hybridized carbons (Fsp3) is 0.375. The van der Waals surface area contributed by atoms with E-state index in [1.807, 2.05) is 38.1 Å². The molecule has 220 valence electrons. The van der Waals surface area contributed by atoms with Gasteiger partial charge in [0.25, 0.3) is 10.0 Å². The van der Waals surface area contributed by atoms with Gasteiger partial charge in [0.05, 0.1) is 17.7 Å². The van der Waals surface area contributed by atoms with Crippen LogP contribution in [0.15, 0.2) is 83.8 Å².